The number of H-pyrrole nitrogens is 1. The Kier molecular flexibility index (Phi) is 4.34. The Balaban J connectivity index is 1.82. The molecule has 0 radical (unpaired) electrons. The van der Waals surface area contributed by atoms with Gasteiger partial charge in [-0.2, -0.15) is 0 Å². The Morgan fingerprint density at radius 1 is 1.20 bits per heavy atom. The molecule has 6 nitrogen and oxygen atoms in total. The van der Waals surface area contributed by atoms with Crippen LogP contribution >= 0.6 is 0 Å². The van der Waals surface area contributed by atoms with E-state index in [1.54, 1.807) is 19.2 Å². The van der Waals surface area contributed by atoms with Crippen LogP contribution in [0.4, 0.5) is 0 Å². The predicted molar refractivity (Wildman–Crippen MR) is 96.2 cm³/mol. The van der Waals surface area contributed by atoms with E-state index < -0.39 is 9.84 Å². The molecule has 1 N–H and O–H groups in total. The third-order valence-corrected chi connectivity index (χ3v) is 5.04. The summed E-state index contributed by atoms with van der Waals surface area (Å²) in [5, 5.41) is 0. The van der Waals surface area contributed by atoms with Crippen LogP contribution in [0.1, 0.15) is 21.7 Å². The predicted octanol–water partition coefficient (Wildman–Crippen LogP) is 2.55. The van der Waals surface area contributed by atoms with E-state index in [0.717, 1.165) is 22.9 Å². The van der Waals surface area contributed by atoms with Crippen LogP contribution < -0.4 is 0 Å². The Morgan fingerprint density at radius 3 is 2.68 bits per heavy atom. The number of rotatable bonds is 4. The molecule has 0 saturated heterocycles. The van der Waals surface area contributed by atoms with E-state index >= 15 is 0 Å². The largest absolute Gasteiger partial charge is 0.340 e. The fourth-order valence-corrected chi connectivity index (χ4v) is 3.29. The third kappa shape index (κ3) is 3.71. The highest BCUT2D eigenvalue weighted by molar-refractivity contribution is 7.90. The lowest BCUT2D eigenvalue weighted by molar-refractivity contribution is 0.0781. The third-order valence-electron chi connectivity index (χ3n) is 3.93. The Morgan fingerprint density at radius 2 is 1.96 bits per heavy atom. The second kappa shape index (κ2) is 6.33. The van der Waals surface area contributed by atoms with Gasteiger partial charge in [0.2, 0.25) is 0 Å². The molecule has 0 aliphatic heterocycles. The number of fused-ring (bicyclic) bond motifs is 1. The van der Waals surface area contributed by atoms with Crippen molar-refractivity contribution in [2.45, 2.75) is 18.4 Å². The molecular formula is C18H19N3O3S. The minimum atomic E-state index is -3.35. The van der Waals surface area contributed by atoms with E-state index in [4.69, 9.17) is 0 Å². The summed E-state index contributed by atoms with van der Waals surface area (Å²) in [6.07, 6.45) is 1.12. The Labute approximate surface area is 146 Å². The molecule has 0 fully saturated rings. The Bertz CT molecular complexity index is 1050. The van der Waals surface area contributed by atoms with Gasteiger partial charge in [-0.25, -0.2) is 13.4 Å². The quantitative estimate of drug-likeness (QED) is 0.778. The van der Waals surface area contributed by atoms with Crippen LogP contribution in [0.15, 0.2) is 47.4 Å². The van der Waals surface area contributed by atoms with Gasteiger partial charge in [-0.15, -0.1) is 0 Å². The van der Waals surface area contributed by atoms with E-state index in [1.807, 2.05) is 25.1 Å². The topological polar surface area (TPSA) is 83.1 Å². The molecule has 3 aromatic rings. The van der Waals surface area contributed by atoms with Crippen LogP contribution in [-0.4, -0.2) is 42.5 Å². The molecular weight excluding hydrogens is 338 g/mol. The van der Waals surface area contributed by atoms with Crippen molar-refractivity contribution < 1.29 is 13.2 Å². The van der Waals surface area contributed by atoms with Gasteiger partial charge in [-0.05, 0) is 42.8 Å². The van der Waals surface area contributed by atoms with Gasteiger partial charge < -0.3 is 9.88 Å². The van der Waals surface area contributed by atoms with E-state index in [-0.39, 0.29) is 10.8 Å². The monoisotopic (exact) mass is 357 g/mol. The summed E-state index contributed by atoms with van der Waals surface area (Å²) in [7, 11) is -1.69. The second-order valence-corrected chi connectivity index (χ2v) is 8.18. The summed E-state index contributed by atoms with van der Waals surface area (Å²) in [4.78, 5) is 21.9. The maximum absolute atomic E-state index is 12.6. The van der Waals surface area contributed by atoms with Gasteiger partial charge in [0, 0.05) is 18.9 Å². The van der Waals surface area contributed by atoms with Gasteiger partial charge in [-0.1, -0.05) is 12.1 Å². The lowest BCUT2D eigenvalue weighted by atomic mass is 10.2. The fraction of sp³-hybridized carbons (Fsp3) is 0.222. The number of hydrogen-bond acceptors (Lipinski definition) is 4. The standard InChI is InChI=1S/C18H19N3O3S/c1-12-7-8-15-16(9-12)20-17(19-15)11-21(2)18(22)13-5-4-6-14(10-13)25(3,23)24/h4-10H,11H2,1-3H3,(H,19,20). The second-order valence-electron chi connectivity index (χ2n) is 6.17. The number of imidazole rings is 1. The number of aromatic amines is 1. The van der Waals surface area contributed by atoms with Gasteiger partial charge in [-0.3, -0.25) is 4.79 Å². The van der Waals surface area contributed by atoms with Gasteiger partial charge in [0.05, 0.1) is 22.5 Å². The first-order valence-electron chi connectivity index (χ1n) is 7.75. The minimum absolute atomic E-state index is 0.131. The van der Waals surface area contributed by atoms with Crippen LogP contribution in [0.3, 0.4) is 0 Å². The number of carbonyl (C=O) groups excluding carboxylic acids is 1. The Hall–Kier alpha value is -2.67. The van der Waals surface area contributed by atoms with E-state index in [0.29, 0.717) is 17.9 Å². The van der Waals surface area contributed by atoms with Crippen molar-refractivity contribution in [2.24, 2.45) is 0 Å². The first kappa shape index (κ1) is 17.2. The average Bonchev–Trinajstić information content (AvgIpc) is 2.94. The average molecular weight is 357 g/mol. The van der Waals surface area contributed by atoms with Crippen molar-refractivity contribution in [2.75, 3.05) is 13.3 Å². The molecule has 0 saturated carbocycles. The number of amides is 1. The van der Waals surface area contributed by atoms with Crippen molar-refractivity contribution in [1.29, 1.82) is 0 Å². The number of aromatic nitrogens is 2. The summed E-state index contributed by atoms with van der Waals surface area (Å²) in [6.45, 7) is 2.31. The van der Waals surface area contributed by atoms with Crippen molar-refractivity contribution in [1.82, 2.24) is 14.9 Å². The number of nitrogens with one attached hydrogen (secondary N) is 1. The molecule has 0 bridgehead atoms. The molecule has 1 aromatic heterocycles. The molecule has 2 aromatic carbocycles. The lowest BCUT2D eigenvalue weighted by Crippen LogP contribution is -2.26. The zero-order valence-corrected chi connectivity index (χ0v) is 15.1. The van der Waals surface area contributed by atoms with Gasteiger partial charge in [0.1, 0.15) is 5.82 Å². The van der Waals surface area contributed by atoms with Gasteiger partial charge in [0.25, 0.3) is 5.91 Å². The SMILES string of the molecule is Cc1ccc2nc(CN(C)C(=O)c3cccc(S(C)(=O)=O)c3)[nH]c2c1. The molecule has 7 heteroatoms. The van der Waals surface area contributed by atoms with Crippen LogP contribution in [0.5, 0.6) is 0 Å². The first-order valence-corrected chi connectivity index (χ1v) is 9.64. The minimum Gasteiger partial charge on any atom is -0.340 e. The fourth-order valence-electron chi connectivity index (χ4n) is 2.63. The molecule has 0 aliphatic rings. The molecule has 0 unspecified atom stereocenters. The highest BCUT2D eigenvalue weighted by Gasteiger charge is 2.16. The molecule has 3 rings (SSSR count). The van der Waals surface area contributed by atoms with Crippen molar-refractivity contribution in [3.8, 4) is 0 Å². The molecule has 0 aliphatic carbocycles. The van der Waals surface area contributed by atoms with Crippen LogP contribution in [0.2, 0.25) is 0 Å². The number of benzene rings is 2. The lowest BCUT2D eigenvalue weighted by Gasteiger charge is -2.16. The van der Waals surface area contributed by atoms with Crippen molar-refractivity contribution in [3.05, 3.63) is 59.4 Å². The molecule has 130 valence electrons. The van der Waals surface area contributed by atoms with Crippen LogP contribution in [-0.2, 0) is 16.4 Å². The van der Waals surface area contributed by atoms with Crippen molar-refractivity contribution >= 4 is 26.8 Å². The molecule has 1 amide bonds. The van der Waals surface area contributed by atoms with E-state index in [1.165, 1.54) is 17.0 Å². The zero-order valence-electron chi connectivity index (χ0n) is 14.3. The molecule has 0 atom stereocenters. The summed E-state index contributed by atoms with van der Waals surface area (Å²) >= 11 is 0. The van der Waals surface area contributed by atoms with Crippen molar-refractivity contribution in [3.63, 3.8) is 0 Å². The molecule has 25 heavy (non-hydrogen) atoms. The van der Waals surface area contributed by atoms with Crippen LogP contribution in [0, 0.1) is 6.92 Å². The van der Waals surface area contributed by atoms with E-state index in [9.17, 15) is 13.2 Å². The van der Waals surface area contributed by atoms with Crippen LogP contribution in [0.25, 0.3) is 11.0 Å². The maximum atomic E-state index is 12.6. The summed E-state index contributed by atoms with van der Waals surface area (Å²) in [5.74, 6) is 0.415. The number of nitrogens with zero attached hydrogens (tertiary/aromatic N) is 2. The molecule has 0 spiro atoms. The normalized spacial score (nSPS) is 11.6. The first-order chi connectivity index (χ1) is 11.7. The smallest absolute Gasteiger partial charge is 0.254 e. The van der Waals surface area contributed by atoms with Gasteiger partial charge in [0.15, 0.2) is 9.84 Å². The summed E-state index contributed by atoms with van der Waals surface area (Å²) in [6, 6.07) is 12.0. The zero-order chi connectivity index (χ0) is 18.2. The maximum Gasteiger partial charge on any atom is 0.254 e. The highest BCUT2D eigenvalue weighted by Crippen LogP contribution is 2.16. The number of hydrogen-bond donors (Lipinski definition) is 1. The van der Waals surface area contributed by atoms with Gasteiger partial charge >= 0.3 is 0 Å². The van der Waals surface area contributed by atoms with E-state index in [2.05, 4.69) is 9.97 Å². The number of carbonyl (C=O) groups is 1. The molecule has 1 heterocycles. The summed E-state index contributed by atoms with van der Waals surface area (Å²) in [5.41, 5.74) is 3.23. The number of aryl methyl sites for hydroxylation is 1. The highest BCUT2D eigenvalue weighted by atomic mass is 32.2. The number of sulfone groups is 1. The summed E-state index contributed by atoms with van der Waals surface area (Å²) < 4.78 is 23.3.